The molecule has 3 unspecified atom stereocenters. The first kappa shape index (κ1) is 13.4. The van der Waals surface area contributed by atoms with Gasteiger partial charge in [-0.3, -0.25) is 4.79 Å². The van der Waals surface area contributed by atoms with Crippen LogP contribution in [0.2, 0.25) is 0 Å². The smallest absolute Gasteiger partial charge is 0.228 e. The van der Waals surface area contributed by atoms with E-state index in [4.69, 9.17) is 4.74 Å². The van der Waals surface area contributed by atoms with Crippen molar-refractivity contribution >= 4 is 5.91 Å². The molecule has 0 spiro atoms. The molecule has 0 radical (unpaired) electrons. The van der Waals surface area contributed by atoms with Crippen LogP contribution in [-0.2, 0) is 9.53 Å². The number of nitrogens with zero attached hydrogens (tertiary/aromatic N) is 1. The highest BCUT2D eigenvalue weighted by Gasteiger charge is 2.39. The summed E-state index contributed by atoms with van der Waals surface area (Å²) in [4.78, 5) is 14.8. The monoisotopic (exact) mass is 266 g/mol. The number of ether oxygens (including phenoxy) is 1. The van der Waals surface area contributed by atoms with E-state index >= 15 is 0 Å². The van der Waals surface area contributed by atoms with Gasteiger partial charge in [-0.15, -0.1) is 0 Å². The van der Waals surface area contributed by atoms with Crippen molar-refractivity contribution in [3.63, 3.8) is 0 Å². The third-order valence-electron chi connectivity index (χ3n) is 4.65. The first-order chi connectivity index (χ1) is 9.24. The molecule has 0 aromatic rings. The molecule has 3 fully saturated rings. The largest absolute Gasteiger partial charge is 0.378 e. The summed E-state index contributed by atoms with van der Waals surface area (Å²) < 4.78 is 5.56. The van der Waals surface area contributed by atoms with Crippen LogP contribution in [0.5, 0.6) is 0 Å². The second kappa shape index (κ2) is 5.80. The van der Waals surface area contributed by atoms with Crippen molar-refractivity contribution in [2.45, 2.75) is 63.6 Å². The van der Waals surface area contributed by atoms with Crippen LogP contribution in [0.4, 0.5) is 0 Å². The molecule has 1 aliphatic carbocycles. The minimum absolute atomic E-state index is 0.110. The van der Waals surface area contributed by atoms with Crippen molar-refractivity contribution in [1.29, 1.82) is 0 Å². The van der Waals surface area contributed by atoms with E-state index in [9.17, 15) is 4.79 Å². The molecule has 2 heterocycles. The van der Waals surface area contributed by atoms with Gasteiger partial charge in [0, 0.05) is 18.6 Å². The molecule has 4 heteroatoms. The van der Waals surface area contributed by atoms with E-state index in [2.05, 4.69) is 17.1 Å². The number of piperidine rings is 1. The summed E-state index contributed by atoms with van der Waals surface area (Å²) in [5, 5.41) is 3.56. The van der Waals surface area contributed by atoms with Crippen LogP contribution in [0.3, 0.4) is 0 Å². The van der Waals surface area contributed by atoms with Crippen LogP contribution in [0.15, 0.2) is 0 Å². The van der Waals surface area contributed by atoms with Crippen LogP contribution in [0.1, 0.15) is 45.4 Å². The molecule has 0 aromatic heterocycles. The van der Waals surface area contributed by atoms with Gasteiger partial charge in [0.2, 0.25) is 5.91 Å². The predicted molar refractivity (Wildman–Crippen MR) is 73.9 cm³/mol. The highest BCUT2D eigenvalue weighted by atomic mass is 16.5. The molecule has 3 rings (SSSR count). The maximum Gasteiger partial charge on any atom is 0.228 e. The zero-order valence-electron chi connectivity index (χ0n) is 11.9. The number of carbonyl (C=O) groups excluding carboxylic acids is 1. The van der Waals surface area contributed by atoms with Crippen molar-refractivity contribution in [3.05, 3.63) is 0 Å². The van der Waals surface area contributed by atoms with Crippen molar-refractivity contribution in [3.8, 4) is 0 Å². The Morgan fingerprint density at radius 2 is 2.16 bits per heavy atom. The summed E-state index contributed by atoms with van der Waals surface area (Å²) in [5.74, 6) is 0.457. The van der Waals surface area contributed by atoms with Gasteiger partial charge in [-0.1, -0.05) is 6.42 Å². The van der Waals surface area contributed by atoms with Gasteiger partial charge in [0.05, 0.1) is 18.6 Å². The van der Waals surface area contributed by atoms with Gasteiger partial charge in [-0.05, 0) is 45.6 Å². The molecule has 2 saturated heterocycles. The van der Waals surface area contributed by atoms with E-state index in [1.807, 2.05) is 0 Å². The Morgan fingerprint density at radius 1 is 1.32 bits per heavy atom. The summed E-state index contributed by atoms with van der Waals surface area (Å²) >= 11 is 0. The maximum absolute atomic E-state index is 12.7. The molecule has 0 aromatic carbocycles. The fourth-order valence-electron chi connectivity index (χ4n) is 3.35. The predicted octanol–water partition coefficient (Wildman–Crippen LogP) is 1.54. The van der Waals surface area contributed by atoms with Gasteiger partial charge in [-0.2, -0.15) is 0 Å². The lowest BCUT2D eigenvalue weighted by molar-refractivity contribution is -0.136. The summed E-state index contributed by atoms with van der Waals surface area (Å²) in [6.07, 6.45) is 7.34. The van der Waals surface area contributed by atoms with E-state index < -0.39 is 0 Å². The number of hydrogen-bond acceptors (Lipinski definition) is 3. The Kier molecular flexibility index (Phi) is 4.08. The molecule has 108 valence electrons. The number of hydrogen-bond donors (Lipinski definition) is 1. The van der Waals surface area contributed by atoms with Crippen LogP contribution in [0.25, 0.3) is 0 Å². The standard InChI is InChI=1S/C15H26N2O2/c1-11-8-12(10-19-11)15(18)17(14-5-6-14)9-13-4-2-3-7-16-13/h11-14,16H,2-10H2,1H3. The van der Waals surface area contributed by atoms with E-state index in [1.54, 1.807) is 0 Å². The molecule has 3 aliphatic rings. The number of nitrogens with one attached hydrogen (secondary N) is 1. The van der Waals surface area contributed by atoms with Gasteiger partial charge in [0.25, 0.3) is 0 Å². The van der Waals surface area contributed by atoms with E-state index in [-0.39, 0.29) is 12.0 Å². The van der Waals surface area contributed by atoms with Crippen molar-refractivity contribution in [2.75, 3.05) is 19.7 Å². The second-order valence-corrected chi connectivity index (χ2v) is 6.45. The van der Waals surface area contributed by atoms with Crippen molar-refractivity contribution in [2.24, 2.45) is 5.92 Å². The molecule has 1 N–H and O–H groups in total. The third kappa shape index (κ3) is 3.29. The summed E-state index contributed by atoms with van der Waals surface area (Å²) in [6, 6.07) is 1.03. The van der Waals surface area contributed by atoms with Gasteiger partial charge in [-0.25, -0.2) is 0 Å². The molecule has 0 bridgehead atoms. The summed E-state index contributed by atoms with van der Waals surface area (Å²) in [7, 11) is 0. The van der Waals surface area contributed by atoms with Gasteiger partial charge in [0.1, 0.15) is 0 Å². The molecule has 1 amide bonds. The minimum atomic E-state index is 0.110. The molecule has 19 heavy (non-hydrogen) atoms. The summed E-state index contributed by atoms with van der Waals surface area (Å²) in [5.41, 5.74) is 0. The van der Waals surface area contributed by atoms with Crippen molar-refractivity contribution < 1.29 is 9.53 Å². The quantitative estimate of drug-likeness (QED) is 0.839. The van der Waals surface area contributed by atoms with E-state index in [0.29, 0.717) is 24.6 Å². The molecular formula is C15H26N2O2. The molecule has 3 atom stereocenters. The normalized spacial score (nSPS) is 35.3. The Morgan fingerprint density at radius 3 is 2.74 bits per heavy atom. The fraction of sp³-hybridized carbons (Fsp3) is 0.933. The molecular weight excluding hydrogens is 240 g/mol. The van der Waals surface area contributed by atoms with Gasteiger partial charge < -0.3 is 15.0 Å². The molecule has 1 saturated carbocycles. The zero-order chi connectivity index (χ0) is 13.2. The fourth-order valence-corrected chi connectivity index (χ4v) is 3.35. The molecule has 4 nitrogen and oxygen atoms in total. The highest BCUT2D eigenvalue weighted by Crippen LogP contribution is 2.31. The highest BCUT2D eigenvalue weighted by molar-refractivity contribution is 5.80. The van der Waals surface area contributed by atoms with Crippen LogP contribution in [-0.4, -0.2) is 48.7 Å². The average molecular weight is 266 g/mol. The topological polar surface area (TPSA) is 41.6 Å². The number of rotatable bonds is 4. The SMILES string of the molecule is CC1CC(C(=O)N(CC2CCCCN2)C2CC2)CO1. The first-order valence-corrected chi connectivity index (χ1v) is 7.89. The number of carbonyl (C=O) groups is 1. The Balaban J connectivity index is 1.58. The Hall–Kier alpha value is -0.610. The minimum Gasteiger partial charge on any atom is -0.378 e. The Labute approximate surface area is 115 Å². The average Bonchev–Trinajstić information content (AvgIpc) is 3.18. The van der Waals surface area contributed by atoms with Gasteiger partial charge >= 0.3 is 0 Å². The van der Waals surface area contributed by atoms with Crippen molar-refractivity contribution in [1.82, 2.24) is 10.2 Å². The lowest BCUT2D eigenvalue weighted by atomic mass is 10.0. The second-order valence-electron chi connectivity index (χ2n) is 6.45. The maximum atomic E-state index is 12.7. The summed E-state index contributed by atoms with van der Waals surface area (Å²) in [6.45, 7) is 4.72. The van der Waals surface area contributed by atoms with Gasteiger partial charge in [0.15, 0.2) is 0 Å². The Bertz CT molecular complexity index is 324. The zero-order valence-corrected chi connectivity index (χ0v) is 11.9. The van der Waals surface area contributed by atoms with E-state index in [0.717, 1.165) is 19.5 Å². The van der Waals surface area contributed by atoms with Crippen LogP contribution >= 0.6 is 0 Å². The lowest BCUT2D eigenvalue weighted by Crippen LogP contribution is -2.48. The van der Waals surface area contributed by atoms with Crippen LogP contribution in [0, 0.1) is 5.92 Å². The van der Waals surface area contributed by atoms with E-state index in [1.165, 1.54) is 32.1 Å². The lowest BCUT2D eigenvalue weighted by Gasteiger charge is -2.32. The first-order valence-electron chi connectivity index (χ1n) is 7.89. The number of amides is 1. The molecule has 2 aliphatic heterocycles. The third-order valence-corrected chi connectivity index (χ3v) is 4.65. The van der Waals surface area contributed by atoms with Crippen LogP contribution < -0.4 is 5.32 Å².